The van der Waals surface area contributed by atoms with Crippen molar-refractivity contribution in [2.75, 3.05) is 0 Å². The molecule has 3 heteroatoms. The molecular weight excluding hydrogens is 173 g/mol. The van der Waals surface area contributed by atoms with Crippen LogP contribution in [0.5, 0.6) is 0 Å². The molecular formula is C5H5BrFN. The van der Waals surface area contributed by atoms with Crippen LogP contribution in [0.1, 0.15) is 5.56 Å². The predicted octanol–water partition coefficient (Wildman–Crippen LogP) is 2.22. The van der Waals surface area contributed by atoms with Gasteiger partial charge in [0.15, 0.2) is 0 Å². The van der Waals surface area contributed by atoms with Gasteiger partial charge in [-0.3, -0.25) is 0 Å². The lowest BCUT2D eigenvalue weighted by Gasteiger charge is -1.81. The van der Waals surface area contributed by atoms with E-state index in [1.807, 2.05) is 0 Å². The number of aromatic amines is 1. The number of H-pyrrole nitrogens is 1. The molecule has 1 rings (SSSR count). The Morgan fingerprint density at radius 3 is 2.50 bits per heavy atom. The minimum Gasteiger partial charge on any atom is -0.353 e. The Balaban J connectivity index is 3.19. The van der Waals surface area contributed by atoms with Crippen molar-refractivity contribution in [1.82, 2.24) is 4.98 Å². The summed E-state index contributed by atoms with van der Waals surface area (Å²) in [5.74, 6) is -0.197. The van der Waals surface area contributed by atoms with Crippen LogP contribution >= 0.6 is 15.9 Å². The molecule has 0 aliphatic carbocycles. The quantitative estimate of drug-likeness (QED) is 0.626. The van der Waals surface area contributed by atoms with Crippen LogP contribution in [-0.2, 0) is 0 Å². The maximum Gasteiger partial charge on any atom is 0.144 e. The van der Waals surface area contributed by atoms with E-state index >= 15 is 0 Å². The molecule has 1 aromatic heterocycles. The van der Waals surface area contributed by atoms with E-state index in [9.17, 15) is 4.39 Å². The SMILES string of the molecule is Cc1c(F)c[nH]c1Br. The second kappa shape index (κ2) is 1.90. The molecule has 44 valence electrons. The summed E-state index contributed by atoms with van der Waals surface area (Å²) in [5.41, 5.74) is 0.630. The summed E-state index contributed by atoms with van der Waals surface area (Å²) in [4.78, 5) is 2.68. The van der Waals surface area contributed by atoms with Crippen LogP contribution in [0.2, 0.25) is 0 Å². The summed E-state index contributed by atoms with van der Waals surface area (Å²) in [6.45, 7) is 1.70. The second-order valence-corrected chi connectivity index (χ2v) is 2.37. The Morgan fingerprint density at radius 1 is 1.75 bits per heavy atom. The fourth-order valence-corrected chi connectivity index (χ4v) is 0.752. The minimum atomic E-state index is -0.197. The van der Waals surface area contributed by atoms with E-state index in [2.05, 4.69) is 20.9 Å². The highest BCUT2D eigenvalue weighted by Crippen LogP contribution is 2.15. The molecule has 0 aliphatic rings. The molecule has 0 spiro atoms. The van der Waals surface area contributed by atoms with Crippen molar-refractivity contribution >= 4 is 15.9 Å². The zero-order chi connectivity index (χ0) is 6.15. The average molecular weight is 178 g/mol. The molecule has 1 aromatic rings. The van der Waals surface area contributed by atoms with E-state index in [1.165, 1.54) is 6.20 Å². The van der Waals surface area contributed by atoms with Crippen molar-refractivity contribution in [1.29, 1.82) is 0 Å². The van der Waals surface area contributed by atoms with Crippen LogP contribution < -0.4 is 0 Å². The van der Waals surface area contributed by atoms with Gasteiger partial charge in [0.05, 0.1) is 4.60 Å². The van der Waals surface area contributed by atoms with E-state index in [1.54, 1.807) is 6.92 Å². The van der Waals surface area contributed by atoms with Gasteiger partial charge in [-0.2, -0.15) is 0 Å². The van der Waals surface area contributed by atoms with Crippen LogP contribution in [0.15, 0.2) is 10.8 Å². The lowest BCUT2D eigenvalue weighted by Crippen LogP contribution is -1.69. The first kappa shape index (κ1) is 5.82. The Morgan fingerprint density at radius 2 is 2.38 bits per heavy atom. The largest absolute Gasteiger partial charge is 0.353 e. The van der Waals surface area contributed by atoms with Crippen molar-refractivity contribution in [3.63, 3.8) is 0 Å². The molecule has 0 radical (unpaired) electrons. The highest BCUT2D eigenvalue weighted by Gasteiger charge is 2.00. The fourth-order valence-electron chi connectivity index (χ4n) is 0.448. The van der Waals surface area contributed by atoms with Crippen LogP contribution in [0.25, 0.3) is 0 Å². The lowest BCUT2D eigenvalue weighted by atomic mass is 10.4. The summed E-state index contributed by atoms with van der Waals surface area (Å²) in [5, 5.41) is 0. The van der Waals surface area contributed by atoms with E-state index in [-0.39, 0.29) is 5.82 Å². The zero-order valence-electron chi connectivity index (χ0n) is 4.33. The maximum atomic E-state index is 12.3. The van der Waals surface area contributed by atoms with Crippen molar-refractivity contribution in [2.24, 2.45) is 0 Å². The Labute approximate surface area is 55.0 Å². The summed E-state index contributed by atoms with van der Waals surface area (Å²) in [6.07, 6.45) is 1.32. The first-order chi connectivity index (χ1) is 3.72. The van der Waals surface area contributed by atoms with Crippen molar-refractivity contribution < 1.29 is 4.39 Å². The molecule has 1 N–H and O–H groups in total. The highest BCUT2D eigenvalue weighted by atomic mass is 79.9. The number of rotatable bonds is 0. The van der Waals surface area contributed by atoms with E-state index in [0.717, 1.165) is 4.60 Å². The molecule has 1 heterocycles. The van der Waals surface area contributed by atoms with Gasteiger partial charge in [0.2, 0.25) is 0 Å². The third-order valence-corrected chi connectivity index (χ3v) is 1.84. The van der Waals surface area contributed by atoms with Crippen LogP contribution in [0, 0.1) is 12.7 Å². The molecule has 0 saturated carbocycles. The molecule has 8 heavy (non-hydrogen) atoms. The van der Waals surface area contributed by atoms with Crippen LogP contribution in [0.4, 0.5) is 4.39 Å². The van der Waals surface area contributed by atoms with Crippen molar-refractivity contribution in [3.8, 4) is 0 Å². The third-order valence-electron chi connectivity index (χ3n) is 1.01. The predicted molar refractivity (Wildman–Crippen MR) is 33.2 cm³/mol. The van der Waals surface area contributed by atoms with Gasteiger partial charge in [-0.15, -0.1) is 0 Å². The first-order valence-electron chi connectivity index (χ1n) is 2.21. The van der Waals surface area contributed by atoms with Gasteiger partial charge in [-0.25, -0.2) is 4.39 Å². The maximum absolute atomic E-state index is 12.3. The van der Waals surface area contributed by atoms with Gasteiger partial charge in [0.1, 0.15) is 5.82 Å². The van der Waals surface area contributed by atoms with Crippen LogP contribution in [-0.4, -0.2) is 4.98 Å². The molecule has 0 atom stereocenters. The topological polar surface area (TPSA) is 15.8 Å². The highest BCUT2D eigenvalue weighted by molar-refractivity contribution is 9.10. The molecule has 0 aliphatic heterocycles. The Bertz CT molecular complexity index is 175. The number of nitrogens with one attached hydrogen (secondary N) is 1. The zero-order valence-corrected chi connectivity index (χ0v) is 5.92. The summed E-state index contributed by atoms with van der Waals surface area (Å²) in [7, 11) is 0. The third kappa shape index (κ3) is 0.777. The molecule has 0 amide bonds. The number of aromatic nitrogens is 1. The van der Waals surface area contributed by atoms with Gasteiger partial charge in [-0.05, 0) is 22.9 Å². The normalized spacial score (nSPS) is 9.88. The van der Waals surface area contributed by atoms with Gasteiger partial charge in [-0.1, -0.05) is 0 Å². The van der Waals surface area contributed by atoms with Gasteiger partial charge in [0.25, 0.3) is 0 Å². The van der Waals surface area contributed by atoms with Crippen molar-refractivity contribution in [3.05, 3.63) is 22.2 Å². The second-order valence-electron chi connectivity index (χ2n) is 1.58. The van der Waals surface area contributed by atoms with Gasteiger partial charge >= 0.3 is 0 Å². The first-order valence-corrected chi connectivity index (χ1v) is 3.00. The fraction of sp³-hybridized carbons (Fsp3) is 0.200. The Kier molecular flexibility index (Phi) is 1.38. The van der Waals surface area contributed by atoms with E-state index < -0.39 is 0 Å². The van der Waals surface area contributed by atoms with E-state index in [0.29, 0.717) is 5.56 Å². The monoisotopic (exact) mass is 177 g/mol. The standard InChI is InChI=1S/C5H5BrFN/c1-3-4(7)2-8-5(3)6/h2,8H,1H3. The Hall–Kier alpha value is -0.310. The summed E-state index contributed by atoms with van der Waals surface area (Å²) in [6, 6.07) is 0. The summed E-state index contributed by atoms with van der Waals surface area (Å²) >= 11 is 3.12. The van der Waals surface area contributed by atoms with E-state index in [4.69, 9.17) is 0 Å². The number of hydrogen-bond acceptors (Lipinski definition) is 0. The smallest absolute Gasteiger partial charge is 0.144 e. The average Bonchev–Trinajstić information content (AvgIpc) is 1.98. The van der Waals surface area contributed by atoms with Gasteiger partial charge < -0.3 is 4.98 Å². The molecule has 0 fully saturated rings. The molecule has 0 bridgehead atoms. The molecule has 0 unspecified atom stereocenters. The van der Waals surface area contributed by atoms with Crippen LogP contribution in [0.3, 0.4) is 0 Å². The molecule has 1 nitrogen and oxygen atoms in total. The van der Waals surface area contributed by atoms with Gasteiger partial charge in [0, 0.05) is 11.8 Å². The lowest BCUT2D eigenvalue weighted by molar-refractivity contribution is 0.621. The summed E-state index contributed by atoms with van der Waals surface area (Å²) < 4.78 is 13.0. The number of hydrogen-bond donors (Lipinski definition) is 1. The molecule has 0 aromatic carbocycles. The number of halogens is 2. The minimum absolute atomic E-state index is 0.197. The van der Waals surface area contributed by atoms with Crippen molar-refractivity contribution in [2.45, 2.75) is 6.92 Å². The molecule has 0 saturated heterocycles.